The normalized spacial score (nSPS) is 22.4. The summed E-state index contributed by atoms with van der Waals surface area (Å²) in [6.45, 7) is 9.55. The summed E-state index contributed by atoms with van der Waals surface area (Å²) < 4.78 is 0. The molecule has 1 aliphatic heterocycles. The summed E-state index contributed by atoms with van der Waals surface area (Å²) in [5.74, 6) is 0. The largest absolute Gasteiger partial charge is 0.314 e. The first-order valence-electron chi connectivity index (χ1n) is 8.64. The van der Waals surface area contributed by atoms with E-state index in [1.165, 1.54) is 49.9 Å². The maximum absolute atomic E-state index is 3.58. The molecule has 1 aromatic carbocycles. The summed E-state index contributed by atoms with van der Waals surface area (Å²) in [5.41, 5.74) is 3.48. The molecule has 1 aromatic rings. The molecule has 0 radical (unpaired) electrons. The Hall–Kier alpha value is -0.860. The van der Waals surface area contributed by atoms with Gasteiger partial charge in [-0.25, -0.2) is 0 Å². The van der Waals surface area contributed by atoms with Crippen molar-refractivity contribution in [2.75, 3.05) is 19.6 Å². The summed E-state index contributed by atoms with van der Waals surface area (Å²) in [4.78, 5) is 2.61. The lowest BCUT2D eigenvalue weighted by Crippen LogP contribution is -2.36. The van der Waals surface area contributed by atoms with Gasteiger partial charge in [0.2, 0.25) is 0 Å². The second kappa shape index (κ2) is 6.50. The van der Waals surface area contributed by atoms with Crippen LogP contribution in [0.3, 0.4) is 0 Å². The zero-order valence-corrected chi connectivity index (χ0v) is 13.7. The van der Waals surface area contributed by atoms with Crippen LogP contribution >= 0.6 is 0 Å². The number of likely N-dealkylation sites (tertiary alicyclic amines) is 1. The topological polar surface area (TPSA) is 15.3 Å². The van der Waals surface area contributed by atoms with Crippen molar-refractivity contribution in [2.45, 2.75) is 58.5 Å². The van der Waals surface area contributed by atoms with E-state index in [9.17, 15) is 0 Å². The van der Waals surface area contributed by atoms with Crippen LogP contribution in [0.1, 0.15) is 50.7 Å². The van der Waals surface area contributed by atoms with Crippen LogP contribution in [0.2, 0.25) is 0 Å². The summed E-state index contributed by atoms with van der Waals surface area (Å²) >= 11 is 0. The summed E-state index contributed by atoms with van der Waals surface area (Å²) in [6.07, 6.45) is 6.58. The van der Waals surface area contributed by atoms with Crippen molar-refractivity contribution in [2.24, 2.45) is 5.41 Å². The Balaban J connectivity index is 1.43. The van der Waals surface area contributed by atoms with Crippen LogP contribution in [0.15, 0.2) is 24.3 Å². The lowest BCUT2D eigenvalue weighted by molar-refractivity contribution is 0.127. The number of piperidine rings is 1. The Morgan fingerprint density at radius 3 is 2.29 bits per heavy atom. The van der Waals surface area contributed by atoms with E-state index in [1.54, 1.807) is 0 Å². The van der Waals surface area contributed by atoms with E-state index in [4.69, 9.17) is 0 Å². The molecule has 0 atom stereocenters. The zero-order valence-electron chi connectivity index (χ0n) is 13.7. The molecule has 21 heavy (non-hydrogen) atoms. The molecule has 2 nitrogen and oxygen atoms in total. The van der Waals surface area contributed by atoms with Crippen LogP contribution in [0.4, 0.5) is 0 Å². The highest BCUT2D eigenvalue weighted by Gasteiger charge is 2.25. The highest BCUT2D eigenvalue weighted by atomic mass is 15.1. The van der Waals surface area contributed by atoms with Crippen molar-refractivity contribution in [1.82, 2.24) is 10.2 Å². The predicted molar refractivity (Wildman–Crippen MR) is 89.5 cm³/mol. The van der Waals surface area contributed by atoms with E-state index in [0.717, 1.165) is 25.6 Å². The van der Waals surface area contributed by atoms with Gasteiger partial charge < -0.3 is 5.32 Å². The SMILES string of the molecule is CC1(C)CCN(Cc2ccc(CCNC3CC3)cc2)CC1. The fourth-order valence-corrected chi connectivity index (χ4v) is 3.09. The van der Waals surface area contributed by atoms with Crippen LogP contribution in [-0.4, -0.2) is 30.6 Å². The molecule has 0 amide bonds. The van der Waals surface area contributed by atoms with Crippen LogP contribution in [0, 0.1) is 5.41 Å². The first-order chi connectivity index (χ1) is 10.1. The molecule has 1 saturated carbocycles. The lowest BCUT2D eigenvalue weighted by Gasteiger charge is -2.36. The maximum atomic E-state index is 3.58. The zero-order chi connectivity index (χ0) is 14.7. The summed E-state index contributed by atoms with van der Waals surface area (Å²) in [5, 5.41) is 3.58. The van der Waals surface area contributed by atoms with Crippen molar-refractivity contribution in [3.63, 3.8) is 0 Å². The van der Waals surface area contributed by atoms with E-state index in [1.807, 2.05) is 0 Å². The molecule has 1 heterocycles. The second-order valence-electron chi connectivity index (χ2n) is 7.74. The fourth-order valence-electron chi connectivity index (χ4n) is 3.09. The Bertz CT molecular complexity index is 435. The minimum absolute atomic E-state index is 0.551. The molecular weight excluding hydrogens is 256 g/mol. The molecular formula is C19H30N2. The molecule has 2 aliphatic rings. The minimum Gasteiger partial charge on any atom is -0.314 e. The first kappa shape index (κ1) is 15.1. The molecule has 0 unspecified atom stereocenters. The number of hydrogen-bond donors (Lipinski definition) is 1. The second-order valence-corrected chi connectivity index (χ2v) is 7.74. The third-order valence-corrected chi connectivity index (χ3v) is 5.06. The average Bonchev–Trinajstić information content (AvgIpc) is 3.27. The Kier molecular flexibility index (Phi) is 4.66. The van der Waals surface area contributed by atoms with E-state index in [-0.39, 0.29) is 0 Å². The lowest BCUT2D eigenvalue weighted by atomic mass is 9.82. The number of nitrogens with one attached hydrogen (secondary N) is 1. The summed E-state index contributed by atoms with van der Waals surface area (Å²) in [7, 11) is 0. The third kappa shape index (κ3) is 4.82. The third-order valence-electron chi connectivity index (χ3n) is 5.06. The summed E-state index contributed by atoms with van der Waals surface area (Å²) in [6, 6.07) is 10.1. The van der Waals surface area contributed by atoms with E-state index in [0.29, 0.717) is 5.41 Å². The Morgan fingerprint density at radius 2 is 1.67 bits per heavy atom. The molecule has 0 bridgehead atoms. The van der Waals surface area contributed by atoms with Crippen molar-refractivity contribution in [3.05, 3.63) is 35.4 Å². The molecule has 1 saturated heterocycles. The van der Waals surface area contributed by atoms with Crippen LogP contribution in [0.25, 0.3) is 0 Å². The van der Waals surface area contributed by atoms with Crippen molar-refractivity contribution in [1.29, 1.82) is 0 Å². The smallest absolute Gasteiger partial charge is 0.0233 e. The van der Waals surface area contributed by atoms with Crippen LogP contribution < -0.4 is 5.32 Å². The van der Waals surface area contributed by atoms with Gasteiger partial charge in [-0.15, -0.1) is 0 Å². The van der Waals surface area contributed by atoms with E-state index in [2.05, 4.69) is 48.3 Å². The average molecular weight is 286 g/mol. The molecule has 1 N–H and O–H groups in total. The minimum atomic E-state index is 0.551. The van der Waals surface area contributed by atoms with Gasteiger partial charge in [0.1, 0.15) is 0 Å². The van der Waals surface area contributed by atoms with E-state index >= 15 is 0 Å². The van der Waals surface area contributed by atoms with Gasteiger partial charge in [-0.05, 0) is 68.3 Å². The molecule has 2 fully saturated rings. The fraction of sp³-hybridized carbons (Fsp3) is 0.684. The quantitative estimate of drug-likeness (QED) is 0.859. The van der Waals surface area contributed by atoms with Gasteiger partial charge >= 0.3 is 0 Å². The molecule has 1 aliphatic carbocycles. The molecule has 3 rings (SSSR count). The molecule has 0 aromatic heterocycles. The predicted octanol–water partition coefficient (Wildman–Crippen LogP) is 3.60. The van der Waals surface area contributed by atoms with Gasteiger partial charge in [-0.3, -0.25) is 4.90 Å². The van der Waals surface area contributed by atoms with Gasteiger partial charge in [0.25, 0.3) is 0 Å². The molecule has 116 valence electrons. The van der Waals surface area contributed by atoms with Gasteiger partial charge in [-0.2, -0.15) is 0 Å². The monoisotopic (exact) mass is 286 g/mol. The van der Waals surface area contributed by atoms with Gasteiger partial charge in [0.15, 0.2) is 0 Å². The molecule has 0 spiro atoms. The maximum Gasteiger partial charge on any atom is 0.0233 e. The van der Waals surface area contributed by atoms with Crippen molar-refractivity contribution >= 4 is 0 Å². The number of rotatable bonds is 6. The number of benzene rings is 1. The van der Waals surface area contributed by atoms with Gasteiger partial charge in [0, 0.05) is 12.6 Å². The first-order valence-corrected chi connectivity index (χ1v) is 8.64. The molecule has 2 heteroatoms. The van der Waals surface area contributed by atoms with Crippen molar-refractivity contribution < 1.29 is 0 Å². The Morgan fingerprint density at radius 1 is 1.05 bits per heavy atom. The Labute approximate surface area is 129 Å². The van der Waals surface area contributed by atoms with Gasteiger partial charge in [0.05, 0.1) is 0 Å². The highest BCUT2D eigenvalue weighted by Crippen LogP contribution is 2.30. The van der Waals surface area contributed by atoms with Gasteiger partial charge in [-0.1, -0.05) is 38.1 Å². The van der Waals surface area contributed by atoms with Crippen molar-refractivity contribution in [3.8, 4) is 0 Å². The highest BCUT2D eigenvalue weighted by molar-refractivity contribution is 5.23. The van der Waals surface area contributed by atoms with E-state index < -0.39 is 0 Å². The van der Waals surface area contributed by atoms with Crippen LogP contribution in [0.5, 0.6) is 0 Å². The number of hydrogen-bond acceptors (Lipinski definition) is 2. The standard InChI is InChI=1S/C19H30N2/c1-19(2)10-13-21(14-11-19)15-17-5-3-16(4-6-17)9-12-20-18-7-8-18/h3-6,18,20H,7-15H2,1-2H3. The van der Waals surface area contributed by atoms with Crippen LogP contribution in [-0.2, 0) is 13.0 Å². The number of nitrogens with zero attached hydrogens (tertiary/aromatic N) is 1.